The van der Waals surface area contributed by atoms with E-state index in [1.54, 1.807) is 0 Å². The summed E-state index contributed by atoms with van der Waals surface area (Å²) in [6.45, 7) is 9.14. The van der Waals surface area contributed by atoms with Gasteiger partial charge in [0.25, 0.3) is 11.8 Å². The summed E-state index contributed by atoms with van der Waals surface area (Å²) in [4.78, 5) is 28.7. The van der Waals surface area contributed by atoms with Crippen molar-refractivity contribution in [3.05, 3.63) is 99.4 Å². The van der Waals surface area contributed by atoms with E-state index in [1.807, 2.05) is 6.07 Å². The highest BCUT2D eigenvalue weighted by molar-refractivity contribution is 6.08. The molecule has 0 aromatic heterocycles. The number of nitriles is 1. The van der Waals surface area contributed by atoms with E-state index < -0.39 is 35.4 Å². The second-order valence-electron chi connectivity index (χ2n) is 8.62. The first-order chi connectivity index (χ1) is 18.5. The van der Waals surface area contributed by atoms with E-state index in [-0.39, 0.29) is 39.2 Å². The van der Waals surface area contributed by atoms with Crippen molar-refractivity contribution in [3.63, 3.8) is 0 Å². The molecule has 0 unspecified atom stereocenters. The van der Waals surface area contributed by atoms with Crippen molar-refractivity contribution in [1.29, 1.82) is 5.26 Å². The fraction of sp³-hybridized carbons (Fsp3) is 0.185. The average Bonchev–Trinajstić information content (AvgIpc) is 2.88. The highest BCUT2D eigenvalue weighted by atomic mass is 19.4. The van der Waals surface area contributed by atoms with Crippen LogP contribution in [0.2, 0.25) is 0 Å². The number of alkyl halides is 7. The Morgan fingerprint density at radius 3 is 1.80 bits per heavy atom. The Labute approximate surface area is 222 Å². The van der Waals surface area contributed by atoms with E-state index in [1.165, 1.54) is 36.4 Å². The maximum absolute atomic E-state index is 14.5. The van der Waals surface area contributed by atoms with Crippen LogP contribution in [0.4, 0.5) is 47.8 Å². The molecule has 13 heteroatoms. The number of carbonyl (C=O) groups is 2. The fourth-order valence-corrected chi connectivity index (χ4v) is 3.82. The summed E-state index contributed by atoms with van der Waals surface area (Å²) in [6, 6.07) is 11.7. The molecule has 3 aromatic carbocycles. The third-order valence-electron chi connectivity index (χ3n) is 5.79. The normalized spacial score (nSPS) is 11.8. The lowest BCUT2D eigenvalue weighted by Crippen LogP contribution is -2.50. The largest absolute Gasteiger partial charge is 0.435 e. The average molecular weight is 562 g/mol. The molecule has 0 fully saturated rings. The van der Waals surface area contributed by atoms with Gasteiger partial charge in [-0.25, -0.2) is 9.24 Å². The van der Waals surface area contributed by atoms with Crippen molar-refractivity contribution >= 4 is 28.9 Å². The highest BCUT2D eigenvalue weighted by Crippen LogP contribution is 2.53. The second-order valence-corrected chi connectivity index (χ2v) is 8.62. The number of carbonyl (C=O) groups excluding carboxylic acids is 2. The molecule has 0 aliphatic heterocycles. The number of benzene rings is 3. The third kappa shape index (κ3) is 5.73. The van der Waals surface area contributed by atoms with E-state index in [0.717, 1.165) is 19.9 Å². The van der Waals surface area contributed by atoms with Crippen LogP contribution in [0.25, 0.3) is 4.85 Å². The molecule has 0 saturated carbocycles. The van der Waals surface area contributed by atoms with Gasteiger partial charge >= 0.3 is 18.0 Å². The van der Waals surface area contributed by atoms with Gasteiger partial charge in [0.15, 0.2) is 5.69 Å². The second kappa shape index (κ2) is 10.7. The predicted molar refractivity (Wildman–Crippen MR) is 131 cm³/mol. The van der Waals surface area contributed by atoms with Gasteiger partial charge in [0.05, 0.1) is 18.2 Å². The molecule has 0 bridgehead atoms. The minimum Gasteiger partial charge on any atom is -0.322 e. The molecule has 0 spiro atoms. The van der Waals surface area contributed by atoms with Gasteiger partial charge in [-0.1, -0.05) is 36.4 Å². The number of nitrogens with zero attached hydrogens (tertiary/aromatic N) is 2. The van der Waals surface area contributed by atoms with Crippen LogP contribution in [0, 0.1) is 31.8 Å². The minimum atomic E-state index is -6.30. The monoisotopic (exact) mass is 562 g/mol. The molecule has 206 valence electrons. The van der Waals surface area contributed by atoms with Gasteiger partial charge in [0.2, 0.25) is 0 Å². The number of halogens is 7. The zero-order valence-electron chi connectivity index (χ0n) is 20.6. The number of nitrogens with one attached hydrogen (secondary N) is 2. The van der Waals surface area contributed by atoms with Crippen molar-refractivity contribution in [2.24, 2.45) is 0 Å². The van der Waals surface area contributed by atoms with Crippen LogP contribution in [0.15, 0.2) is 54.6 Å². The van der Waals surface area contributed by atoms with Crippen LogP contribution < -0.4 is 10.6 Å². The molecule has 40 heavy (non-hydrogen) atoms. The van der Waals surface area contributed by atoms with Gasteiger partial charge in [-0.3, -0.25) is 9.59 Å². The summed E-state index contributed by atoms with van der Waals surface area (Å²) in [5, 5.41) is 14.2. The summed E-state index contributed by atoms with van der Waals surface area (Å²) in [7, 11) is 0. The lowest BCUT2D eigenvalue weighted by atomic mass is 9.90. The van der Waals surface area contributed by atoms with E-state index in [2.05, 4.69) is 15.5 Å². The van der Waals surface area contributed by atoms with E-state index in [9.17, 15) is 45.6 Å². The Hall–Kier alpha value is -4.91. The molecule has 0 atom stereocenters. The van der Waals surface area contributed by atoms with Gasteiger partial charge in [-0.2, -0.15) is 31.6 Å². The van der Waals surface area contributed by atoms with Crippen LogP contribution in [-0.4, -0.2) is 24.2 Å². The van der Waals surface area contributed by atoms with Gasteiger partial charge in [0, 0.05) is 28.1 Å². The molecule has 3 rings (SSSR count). The topological polar surface area (TPSA) is 86.3 Å². The van der Waals surface area contributed by atoms with E-state index in [4.69, 9.17) is 6.57 Å². The maximum Gasteiger partial charge on any atom is 0.435 e. The van der Waals surface area contributed by atoms with Crippen molar-refractivity contribution in [1.82, 2.24) is 0 Å². The zero-order valence-corrected chi connectivity index (χ0v) is 20.6. The predicted octanol–water partition coefficient (Wildman–Crippen LogP) is 7.52. The number of hydrogen-bond donors (Lipinski definition) is 2. The van der Waals surface area contributed by atoms with Gasteiger partial charge in [0.1, 0.15) is 0 Å². The van der Waals surface area contributed by atoms with Crippen LogP contribution in [-0.2, 0) is 5.67 Å². The van der Waals surface area contributed by atoms with Crippen molar-refractivity contribution in [2.75, 3.05) is 10.6 Å². The molecule has 0 radical (unpaired) electrons. The smallest absolute Gasteiger partial charge is 0.322 e. The van der Waals surface area contributed by atoms with Crippen LogP contribution in [0.1, 0.15) is 43.0 Å². The molecule has 2 amide bonds. The number of hydrogen-bond acceptors (Lipinski definition) is 3. The lowest BCUT2D eigenvalue weighted by Gasteiger charge is -2.31. The quantitative estimate of drug-likeness (QED) is 0.249. The fourth-order valence-electron chi connectivity index (χ4n) is 3.82. The summed E-state index contributed by atoms with van der Waals surface area (Å²) < 4.78 is 93.7. The number of aryl methyl sites for hydroxylation is 2. The molecular formula is C27H17F7N4O2. The van der Waals surface area contributed by atoms with Crippen LogP contribution in [0.3, 0.4) is 0 Å². The Morgan fingerprint density at radius 1 is 0.800 bits per heavy atom. The molecule has 0 heterocycles. The van der Waals surface area contributed by atoms with E-state index >= 15 is 0 Å². The Kier molecular flexibility index (Phi) is 7.92. The van der Waals surface area contributed by atoms with Gasteiger partial charge in [-0.05, 0) is 43.2 Å². The molecule has 3 aromatic rings. The van der Waals surface area contributed by atoms with Crippen molar-refractivity contribution < 1.29 is 40.3 Å². The van der Waals surface area contributed by atoms with Crippen LogP contribution in [0.5, 0.6) is 0 Å². The van der Waals surface area contributed by atoms with Crippen molar-refractivity contribution in [3.8, 4) is 6.07 Å². The van der Waals surface area contributed by atoms with Gasteiger partial charge < -0.3 is 10.6 Å². The number of amides is 2. The number of anilines is 2. The Morgan fingerprint density at radius 2 is 1.32 bits per heavy atom. The summed E-state index contributed by atoms with van der Waals surface area (Å²) in [5.41, 5.74) is -7.79. The first kappa shape index (κ1) is 29.6. The van der Waals surface area contributed by atoms with E-state index in [0.29, 0.717) is 17.8 Å². The Bertz CT molecular complexity index is 1530. The summed E-state index contributed by atoms with van der Waals surface area (Å²) in [5.74, 6) is -1.53. The molecule has 0 aliphatic rings. The molecule has 0 saturated heterocycles. The SMILES string of the molecule is [C-]#[N+]c1ccc(C(=O)Nc2cc(C#N)cc(C(=O)Nc3c(C)cc(C(F)(C(F)(F)F)C(F)(F)F)cc3C)c2)cc1. The maximum atomic E-state index is 14.5. The molecule has 6 nitrogen and oxygen atoms in total. The zero-order chi connectivity index (χ0) is 30.0. The number of rotatable bonds is 5. The first-order valence-corrected chi connectivity index (χ1v) is 11.1. The first-order valence-electron chi connectivity index (χ1n) is 11.1. The summed E-state index contributed by atoms with van der Waals surface area (Å²) >= 11 is 0. The molecule has 0 aliphatic carbocycles. The summed E-state index contributed by atoms with van der Waals surface area (Å²) in [6.07, 6.45) is -12.6. The third-order valence-corrected chi connectivity index (χ3v) is 5.79. The van der Waals surface area contributed by atoms with Crippen LogP contribution >= 0.6 is 0 Å². The Balaban J connectivity index is 1.93. The standard InChI is InChI=1S/C27H17F7N4O2/c1-14-8-19(25(28,26(29,30)31)27(32,33)34)9-15(2)22(14)38-24(40)18-10-16(13-35)11-21(12-18)37-23(39)17-4-6-20(36-3)7-5-17/h4-12H,1-2H3,(H,37,39)(H,38,40). The van der Waals surface area contributed by atoms with Gasteiger partial charge in [-0.15, -0.1) is 0 Å². The molecular weight excluding hydrogens is 545 g/mol. The van der Waals surface area contributed by atoms with Crippen molar-refractivity contribution in [2.45, 2.75) is 31.9 Å². The molecule has 2 N–H and O–H groups in total. The highest BCUT2D eigenvalue weighted by Gasteiger charge is 2.73. The lowest BCUT2D eigenvalue weighted by molar-refractivity contribution is -0.348. The minimum absolute atomic E-state index is 0.0322.